The number of esters is 1. The number of nitriles is 2. The van der Waals surface area contributed by atoms with Gasteiger partial charge in [0, 0.05) is 0 Å². The van der Waals surface area contributed by atoms with Crippen molar-refractivity contribution in [2.45, 2.75) is 6.92 Å². The average Bonchev–Trinajstić information content (AvgIpc) is 1.91. The van der Waals surface area contributed by atoms with Crippen molar-refractivity contribution in [3.8, 4) is 12.1 Å². The topological polar surface area (TPSA) is 73.9 Å². The third kappa shape index (κ3) is 5.37. The molecule has 0 aliphatic carbocycles. The van der Waals surface area contributed by atoms with Crippen molar-refractivity contribution in [1.82, 2.24) is 0 Å². The van der Waals surface area contributed by atoms with Gasteiger partial charge in [0.2, 0.25) is 5.92 Å². The summed E-state index contributed by atoms with van der Waals surface area (Å²) in [6.07, 6.45) is 0. The van der Waals surface area contributed by atoms with E-state index in [2.05, 4.69) is 4.74 Å². The Morgan fingerprint density at radius 3 is 2.36 bits per heavy atom. The van der Waals surface area contributed by atoms with E-state index in [0.717, 1.165) is 0 Å². The van der Waals surface area contributed by atoms with Gasteiger partial charge in [0.05, 0.1) is 18.7 Å². The van der Waals surface area contributed by atoms with Crippen molar-refractivity contribution < 1.29 is 62.3 Å². The van der Waals surface area contributed by atoms with Crippen molar-refractivity contribution in [2.24, 2.45) is 5.92 Å². The molecule has 0 heterocycles. The van der Waals surface area contributed by atoms with Crippen LogP contribution in [0.2, 0.25) is 0 Å². The fourth-order valence-corrected chi connectivity index (χ4v) is 0.360. The molecule has 0 unspecified atom stereocenters. The van der Waals surface area contributed by atoms with Gasteiger partial charge >= 0.3 is 57.4 Å². The van der Waals surface area contributed by atoms with Crippen LogP contribution in [0.5, 0.6) is 0 Å². The Morgan fingerprint density at radius 2 is 2.09 bits per heavy atom. The normalized spacial score (nSPS) is 7.27. The summed E-state index contributed by atoms with van der Waals surface area (Å²) in [7, 11) is 0. The summed E-state index contributed by atoms with van der Waals surface area (Å²) in [6.45, 7) is 1.81. The van der Waals surface area contributed by atoms with Crippen LogP contribution >= 0.6 is 0 Å². The maximum atomic E-state index is 10.5. The molecule has 0 aliphatic heterocycles. The van der Waals surface area contributed by atoms with Crippen molar-refractivity contribution in [3.05, 3.63) is 0 Å². The minimum absolute atomic E-state index is 0. The molecule has 0 saturated carbocycles. The molecule has 0 aromatic rings. The molecule has 0 aromatic heterocycles. The molecule has 11 heavy (non-hydrogen) atoms. The fraction of sp³-hybridized carbons (Fsp3) is 0.500. The molecule has 0 N–H and O–H groups in total. The molecule has 0 rings (SSSR count). The predicted molar refractivity (Wildman–Crippen MR) is 32.5 cm³/mol. The quantitative estimate of drug-likeness (QED) is 0.341. The zero-order chi connectivity index (χ0) is 7.98. The van der Waals surface area contributed by atoms with Gasteiger partial charge in [-0.1, -0.05) is 0 Å². The minimum atomic E-state index is -1.28. The largest absolute Gasteiger partial charge is 1.00 e. The third-order valence-electron chi connectivity index (χ3n) is 0.780. The molecule has 0 spiro atoms. The smallest absolute Gasteiger partial charge is 1.00 e. The summed E-state index contributed by atoms with van der Waals surface area (Å²) < 4.78 is 4.40. The Balaban J connectivity index is -0.000000405. The molecular formula is C6H7KN2O2. The van der Waals surface area contributed by atoms with Crippen LogP contribution in [0.15, 0.2) is 0 Å². The number of carbonyl (C=O) groups is 1. The molecule has 0 bridgehead atoms. The van der Waals surface area contributed by atoms with Gasteiger partial charge < -0.3 is 6.16 Å². The van der Waals surface area contributed by atoms with Gasteiger partial charge in [-0.2, -0.15) is 10.5 Å². The first-order valence-electron chi connectivity index (χ1n) is 2.72. The number of carbonyl (C=O) groups excluding carboxylic acids is 1. The van der Waals surface area contributed by atoms with Crippen LogP contribution in [0.1, 0.15) is 8.35 Å². The third-order valence-corrected chi connectivity index (χ3v) is 0.780. The van der Waals surface area contributed by atoms with Crippen LogP contribution in [0.4, 0.5) is 0 Å². The second-order valence-electron chi connectivity index (χ2n) is 1.44. The minimum Gasteiger partial charge on any atom is -1.00 e. The molecule has 4 nitrogen and oxygen atoms in total. The van der Waals surface area contributed by atoms with Gasteiger partial charge in [-0.3, -0.25) is 0 Å². The first-order valence-corrected chi connectivity index (χ1v) is 2.72. The van der Waals surface area contributed by atoms with E-state index in [0.29, 0.717) is 0 Å². The Labute approximate surface area is 109 Å². The Bertz CT molecular complexity index is 195. The van der Waals surface area contributed by atoms with Crippen molar-refractivity contribution in [2.75, 3.05) is 6.61 Å². The molecule has 0 saturated heterocycles. The first-order chi connectivity index (χ1) is 4.76. The summed E-state index contributed by atoms with van der Waals surface area (Å²) in [4.78, 5) is 10.5. The van der Waals surface area contributed by atoms with Crippen LogP contribution in [0, 0.1) is 28.6 Å². The molecule has 0 amide bonds. The van der Waals surface area contributed by atoms with Gasteiger partial charge in [0.15, 0.2) is 0 Å². The SMILES string of the molecule is CCOC(=O)C(C#N)C#N.[H-].[K+]. The van der Waals surface area contributed by atoms with Gasteiger partial charge in [-0.25, -0.2) is 4.79 Å². The molecule has 0 aromatic carbocycles. The molecule has 0 atom stereocenters. The summed E-state index contributed by atoms with van der Waals surface area (Å²) in [6, 6.07) is 3.00. The van der Waals surface area contributed by atoms with E-state index < -0.39 is 11.9 Å². The van der Waals surface area contributed by atoms with Crippen LogP contribution in [0.3, 0.4) is 0 Å². The van der Waals surface area contributed by atoms with Crippen LogP contribution in [-0.4, -0.2) is 12.6 Å². The molecular weight excluding hydrogens is 171 g/mol. The number of nitrogens with zero attached hydrogens (tertiary/aromatic N) is 2. The molecule has 54 valence electrons. The van der Waals surface area contributed by atoms with Crippen molar-refractivity contribution in [1.29, 1.82) is 10.5 Å². The summed E-state index contributed by atoms with van der Waals surface area (Å²) in [5.74, 6) is -2.05. The molecule has 0 fully saturated rings. The predicted octanol–water partition coefficient (Wildman–Crippen LogP) is -2.67. The molecule has 0 aliphatic rings. The van der Waals surface area contributed by atoms with E-state index in [1.54, 1.807) is 6.92 Å². The van der Waals surface area contributed by atoms with Crippen molar-refractivity contribution >= 4 is 5.97 Å². The Morgan fingerprint density at radius 1 is 1.64 bits per heavy atom. The second kappa shape index (κ2) is 8.19. The zero-order valence-corrected chi connectivity index (χ0v) is 9.62. The summed E-state index contributed by atoms with van der Waals surface area (Å²) in [5, 5.41) is 16.3. The average molecular weight is 178 g/mol. The van der Waals surface area contributed by atoms with Gasteiger partial charge in [0.1, 0.15) is 0 Å². The van der Waals surface area contributed by atoms with Gasteiger partial charge in [0.25, 0.3) is 0 Å². The van der Waals surface area contributed by atoms with E-state index in [4.69, 9.17) is 10.5 Å². The monoisotopic (exact) mass is 178 g/mol. The van der Waals surface area contributed by atoms with Crippen LogP contribution < -0.4 is 51.4 Å². The number of ether oxygens (including phenoxy) is 1. The standard InChI is InChI=1S/C6H6N2O2.K.H/c1-2-10-6(9)5(3-7)4-8;;/h5H,2H2,1H3;;/q;+1;-1. The number of rotatable bonds is 2. The van der Waals surface area contributed by atoms with Crippen LogP contribution in [0.25, 0.3) is 0 Å². The first kappa shape index (κ1) is 13.7. The van der Waals surface area contributed by atoms with Gasteiger partial charge in [-0.15, -0.1) is 0 Å². The van der Waals surface area contributed by atoms with Crippen molar-refractivity contribution in [3.63, 3.8) is 0 Å². The van der Waals surface area contributed by atoms with E-state index in [9.17, 15) is 4.79 Å². The fourth-order valence-electron chi connectivity index (χ4n) is 0.360. The molecule has 0 radical (unpaired) electrons. The zero-order valence-electron chi connectivity index (χ0n) is 7.50. The van der Waals surface area contributed by atoms with E-state index in [-0.39, 0.29) is 59.4 Å². The van der Waals surface area contributed by atoms with Crippen LogP contribution in [-0.2, 0) is 9.53 Å². The Kier molecular flexibility index (Phi) is 10.2. The number of hydrogen-bond acceptors (Lipinski definition) is 4. The maximum Gasteiger partial charge on any atom is 1.00 e. The van der Waals surface area contributed by atoms with E-state index in [1.807, 2.05) is 0 Å². The molecule has 5 heteroatoms. The van der Waals surface area contributed by atoms with E-state index in [1.165, 1.54) is 12.1 Å². The van der Waals surface area contributed by atoms with Gasteiger partial charge in [-0.05, 0) is 6.92 Å². The Hall–Kier alpha value is 0.0864. The second-order valence-corrected chi connectivity index (χ2v) is 1.44. The summed E-state index contributed by atoms with van der Waals surface area (Å²) in [5.41, 5.74) is 0. The summed E-state index contributed by atoms with van der Waals surface area (Å²) >= 11 is 0. The van der Waals surface area contributed by atoms with E-state index >= 15 is 0 Å². The maximum absolute atomic E-state index is 10.5. The number of hydrogen-bond donors (Lipinski definition) is 0.